The Morgan fingerprint density at radius 2 is 2.23 bits per heavy atom. The average Bonchev–Trinajstić information content (AvgIpc) is 3.04. The number of ether oxygens (including phenoxy) is 2. The molecule has 0 radical (unpaired) electrons. The second-order valence-electron chi connectivity index (χ2n) is 4.75. The molecule has 1 aromatic carbocycles. The van der Waals surface area contributed by atoms with Crippen LogP contribution in [0.3, 0.4) is 0 Å². The normalized spacial score (nSPS) is 11.7. The van der Waals surface area contributed by atoms with Gasteiger partial charge in [0.2, 0.25) is 0 Å². The summed E-state index contributed by atoms with van der Waals surface area (Å²) in [5.41, 5.74) is 0. The van der Waals surface area contributed by atoms with Crippen molar-refractivity contribution in [1.29, 1.82) is 0 Å². The number of aromatic nitrogens is 1. The van der Waals surface area contributed by atoms with Crippen molar-refractivity contribution in [3.05, 3.63) is 35.8 Å². The Labute approximate surface area is 134 Å². The summed E-state index contributed by atoms with van der Waals surface area (Å²) >= 11 is 1.39. The molecule has 0 saturated heterocycles. The molecule has 0 fully saturated rings. The van der Waals surface area contributed by atoms with Gasteiger partial charge in [-0.1, -0.05) is 19.4 Å². The van der Waals surface area contributed by atoms with Gasteiger partial charge in [0.05, 0.1) is 7.11 Å². The molecule has 6 heteroatoms. The molecule has 0 aliphatic carbocycles. The number of rotatable bonds is 8. The van der Waals surface area contributed by atoms with Crippen LogP contribution >= 0.6 is 11.3 Å². The fraction of sp³-hybridized carbons (Fsp3) is 0.375. The maximum absolute atomic E-state index is 12.4. The number of carbonyl (C=O) groups is 1. The molecule has 22 heavy (non-hydrogen) atoms. The second kappa shape index (κ2) is 8.38. The van der Waals surface area contributed by atoms with Gasteiger partial charge in [0.25, 0.3) is 5.91 Å². The number of methoxy groups -OCH3 is 1. The number of hydrogen-bond donors (Lipinski definition) is 1. The van der Waals surface area contributed by atoms with E-state index in [2.05, 4.69) is 17.2 Å². The first-order chi connectivity index (χ1) is 10.7. The van der Waals surface area contributed by atoms with Gasteiger partial charge in [-0.25, -0.2) is 4.98 Å². The fourth-order valence-corrected chi connectivity index (χ4v) is 2.47. The molecule has 0 saturated carbocycles. The molecule has 118 valence electrons. The number of amides is 1. The lowest BCUT2D eigenvalue weighted by atomic mass is 10.1. The maximum Gasteiger partial charge on any atom is 0.267 e. The summed E-state index contributed by atoms with van der Waals surface area (Å²) in [5.74, 6) is 1.15. The van der Waals surface area contributed by atoms with Crippen LogP contribution in [0.5, 0.6) is 11.5 Å². The number of thiazole rings is 1. The third-order valence-corrected chi connectivity index (χ3v) is 3.78. The van der Waals surface area contributed by atoms with Crippen molar-refractivity contribution in [2.75, 3.05) is 12.4 Å². The van der Waals surface area contributed by atoms with E-state index in [0.717, 1.165) is 12.8 Å². The van der Waals surface area contributed by atoms with E-state index in [1.165, 1.54) is 11.3 Å². The van der Waals surface area contributed by atoms with E-state index in [9.17, 15) is 4.79 Å². The van der Waals surface area contributed by atoms with E-state index in [1.807, 2.05) is 23.6 Å². The summed E-state index contributed by atoms with van der Waals surface area (Å²) in [4.78, 5) is 16.4. The van der Waals surface area contributed by atoms with Crippen LogP contribution in [0.1, 0.15) is 26.2 Å². The van der Waals surface area contributed by atoms with Crippen molar-refractivity contribution in [3.8, 4) is 11.5 Å². The van der Waals surface area contributed by atoms with Crippen molar-refractivity contribution >= 4 is 22.4 Å². The Morgan fingerprint density at radius 3 is 2.91 bits per heavy atom. The number of benzene rings is 1. The highest BCUT2D eigenvalue weighted by atomic mass is 32.1. The SMILES string of the molecule is CCCCC(Oc1cccc(OC)c1)C(=O)Nc1nccs1. The number of carbonyl (C=O) groups excluding carboxylic acids is 1. The van der Waals surface area contributed by atoms with E-state index in [-0.39, 0.29) is 5.91 Å². The summed E-state index contributed by atoms with van der Waals surface area (Å²) in [7, 11) is 1.60. The highest BCUT2D eigenvalue weighted by Gasteiger charge is 2.21. The Balaban J connectivity index is 2.05. The summed E-state index contributed by atoms with van der Waals surface area (Å²) in [6.07, 6.45) is 3.69. The maximum atomic E-state index is 12.4. The van der Waals surface area contributed by atoms with Crippen molar-refractivity contribution in [2.45, 2.75) is 32.3 Å². The van der Waals surface area contributed by atoms with Crippen molar-refractivity contribution in [2.24, 2.45) is 0 Å². The summed E-state index contributed by atoms with van der Waals surface area (Å²) in [6, 6.07) is 7.26. The van der Waals surface area contributed by atoms with Gasteiger partial charge in [-0.05, 0) is 25.0 Å². The molecule has 5 nitrogen and oxygen atoms in total. The minimum Gasteiger partial charge on any atom is -0.497 e. The number of nitrogens with zero attached hydrogens (tertiary/aromatic N) is 1. The fourth-order valence-electron chi connectivity index (χ4n) is 1.94. The molecule has 2 aromatic rings. The zero-order valence-electron chi connectivity index (χ0n) is 12.7. The monoisotopic (exact) mass is 320 g/mol. The number of unbranched alkanes of at least 4 members (excludes halogenated alkanes) is 1. The summed E-state index contributed by atoms with van der Waals surface area (Å²) in [5, 5.41) is 5.20. The van der Waals surface area contributed by atoms with Gasteiger partial charge in [-0.3, -0.25) is 10.1 Å². The average molecular weight is 320 g/mol. The molecular formula is C16H20N2O3S. The van der Waals surface area contributed by atoms with Crippen LogP contribution in [0.15, 0.2) is 35.8 Å². The molecule has 1 unspecified atom stereocenters. The predicted octanol–water partition coefficient (Wildman–Crippen LogP) is 3.73. The van der Waals surface area contributed by atoms with E-state index >= 15 is 0 Å². The number of anilines is 1. The number of nitrogens with one attached hydrogen (secondary N) is 1. The largest absolute Gasteiger partial charge is 0.497 e. The van der Waals surface area contributed by atoms with Gasteiger partial charge in [0.15, 0.2) is 11.2 Å². The molecule has 1 heterocycles. The lowest BCUT2D eigenvalue weighted by molar-refractivity contribution is -0.123. The van der Waals surface area contributed by atoms with Crippen LogP contribution in [-0.4, -0.2) is 24.1 Å². The Kier molecular flexibility index (Phi) is 6.21. The quantitative estimate of drug-likeness (QED) is 0.805. The van der Waals surface area contributed by atoms with E-state index in [0.29, 0.717) is 23.1 Å². The zero-order chi connectivity index (χ0) is 15.8. The van der Waals surface area contributed by atoms with E-state index in [1.54, 1.807) is 19.4 Å². The van der Waals surface area contributed by atoms with E-state index in [4.69, 9.17) is 9.47 Å². The molecule has 0 bridgehead atoms. The molecule has 1 atom stereocenters. The first-order valence-electron chi connectivity index (χ1n) is 7.24. The lowest BCUT2D eigenvalue weighted by Gasteiger charge is -2.18. The standard InChI is InChI=1S/C16H20N2O3S/c1-3-4-8-14(15(19)18-16-17-9-10-22-16)21-13-7-5-6-12(11-13)20-2/h5-7,9-11,14H,3-4,8H2,1-2H3,(H,17,18,19). The van der Waals surface area contributed by atoms with Crippen LogP contribution < -0.4 is 14.8 Å². The van der Waals surface area contributed by atoms with Gasteiger partial charge < -0.3 is 9.47 Å². The van der Waals surface area contributed by atoms with Crippen molar-refractivity contribution < 1.29 is 14.3 Å². The third-order valence-electron chi connectivity index (χ3n) is 3.09. The van der Waals surface area contributed by atoms with Crippen LogP contribution in [0.4, 0.5) is 5.13 Å². The van der Waals surface area contributed by atoms with Crippen LogP contribution in [-0.2, 0) is 4.79 Å². The molecule has 1 aromatic heterocycles. The molecular weight excluding hydrogens is 300 g/mol. The zero-order valence-corrected chi connectivity index (χ0v) is 13.6. The Bertz CT molecular complexity index is 587. The Morgan fingerprint density at radius 1 is 1.41 bits per heavy atom. The highest BCUT2D eigenvalue weighted by Crippen LogP contribution is 2.22. The van der Waals surface area contributed by atoms with Gasteiger partial charge >= 0.3 is 0 Å². The summed E-state index contributed by atoms with van der Waals surface area (Å²) < 4.78 is 11.0. The van der Waals surface area contributed by atoms with Gasteiger partial charge in [-0.2, -0.15) is 0 Å². The van der Waals surface area contributed by atoms with Crippen LogP contribution in [0, 0.1) is 0 Å². The first-order valence-corrected chi connectivity index (χ1v) is 8.12. The highest BCUT2D eigenvalue weighted by molar-refractivity contribution is 7.13. The van der Waals surface area contributed by atoms with Crippen molar-refractivity contribution in [1.82, 2.24) is 4.98 Å². The molecule has 0 spiro atoms. The minimum absolute atomic E-state index is 0.175. The van der Waals surface area contributed by atoms with Crippen molar-refractivity contribution in [3.63, 3.8) is 0 Å². The van der Waals surface area contributed by atoms with E-state index < -0.39 is 6.10 Å². The smallest absolute Gasteiger partial charge is 0.267 e. The van der Waals surface area contributed by atoms with Crippen LogP contribution in [0.2, 0.25) is 0 Å². The molecule has 0 aliphatic heterocycles. The molecule has 0 aliphatic rings. The van der Waals surface area contributed by atoms with Gasteiger partial charge in [0.1, 0.15) is 11.5 Å². The molecule has 1 N–H and O–H groups in total. The van der Waals surface area contributed by atoms with Gasteiger partial charge in [0, 0.05) is 17.6 Å². The molecule has 2 rings (SSSR count). The topological polar surface area (TPSA) is 60.5 Å². The second-order valence-corrected chi connectivity index (χ2v) is 5.65. The number of hydrogen-bond acceptors (Lipinski definition) is 5. The third kappa shape index (κ3) is 4.73. The van der Waals surface area contributed by atoms with Gasteiger partial charge in [-0.15, -0.1) is 11.3 Å². The predicted molar refractivity (Wildman–Crippen MR) is 87.7 cm³/mol. The Hall–Kier alpha value is -2.08. The minimum atomic E-state index is -0.545. The molecule has 1 amide bonds. The van der Waals surface area contributed by atoms with Crippen LogP contribution in [0.25, 0.3) is 0 Å². The first kappa shape index (κ1) is 16.3. The lowest BCUT2D eigenvalue weighted by Crippen LogP contribution is -2.33. The summed E-state index contributed by atoms with van der Waals surface area (Å²) in [6.45, 7) is 2.08.